The van der Waals surface area contributed by atoms with E-state index in [1.807, 2.05) is 4.90 Å². The Morgan fingerprint density at radius 2 is 2.47 bits per heavy atom. The third-order valence-corrected chi connectivity index (χ3v) is 3.49. The van der Waals surface area contributed by atoms with Crippen LogP contribution in [0.5, 0.6) is 0 Å². The first-order valence-electron chi connectivity index (χ1n) is 6.60. The molecule has 98 valence electrons. The number of amides is 1. The maximum absolute atomic E-state index is 12.0. The van der Waals surface area contributed by atoms with Gasteiger partial charge in [0.1, 0.15) is 0 Å². The largest absolute Gasteiger partial charge is 0.377 e. The fourth-order valence-electron chi connectivity index (χ4n) is 2.46. The molecule has 0 aliphatic carbocycles. The SMILES string of the molecule is C[C@H]1CNCCN1C(=O)CNCC1CCCO1. The van der Waals surface area contributed by atoms with Crippen LogP contribution in [0, 0.1) is 0 Å². The predicted molar refractivity (Wildman–Crippen MR) is 65.9 cm³/mol. The molecule has 0 spiro atoms. The molecule has 2 aliphatic heterocycles. The molecule has 2 fully saturated rings. The highest BCUT2D eigenvalue weighted by molar-refractivity contribution is 5.78. The van der Waals surface area contributed by atoms with E-state index in [1.165, 1.54) is 0 Å². The first kappa shape index (κ1) is 12.8. The number of piperazine rings is 1. The quantitative estimate of drug-likeness (QED) is 0.701. The summed E-state index contributed by atoms with van der Waals surface area (Å²) in [5.74, 6) is 0.206. The van der Waals surface area contributed by atoms with Crippen molar-refractivity contribution in [1.29, 1.82) is 0 Å². The average Bonchev–Trinajstić information content (AvgIpc) is 2.82. The van der Waals surface area contributed by atoms with E-state index in [1.54, 1.807) is 0 Å². The van der Waals surface area contributed by atoms with Gasteiger partial charge in [-0.05, 0) is 19.8 Å². The minimum absolute atomic E-state index is 0.206. The molecule has 0 saturated carbocycles. The van der Waals surface area contributed by atoms with Gasteiger partial charge in [-0.15, -0.1) is 0 Å². The zero-order valence-electron chi connectivity index (χ0n) is 10.6. The minimum Gasteiger partial charge on any atom is -0.377 e. The molecular weight excluding hydrogens is 218 g/mol. The highest BCUT2D eigenvalue weighted by Crippen LogP contribution is 2.10. The average molecular weight is 241 g/mol. The van der Waals surface area contributed by atoms with E-state index in [2.05, 4.69) is 17.6 Å². The summed E-state index contributed by atoms with van der Waals surface area (Å²) in [6.07, 6.45) is 2.57. The van der Waals surface area contributed by atoms with Crippen LogP contribution < -0.4 is 10.6 Å². The topological polar surface area (TPSA) is 53.6 Å². The molecule has 2 heterocycles. The van der Waals surface area contributed by atoms with Crippen molar-refractivity contribution in [3.05, 3.63) is 0 Å². The molecule has 1 amide bonds. The number of hydrogen-bond acceptors (Lipinski definition) is 4. The second-order valence-electron chi connectivity index (χ2n) is 4.91. The van der Waals surface area contributed by atoms with Gasteiger partial charge in [0.15, 0.2) is 0 Å². The lowest BCUT2D eigenvalue weighted by Crippen LogP contribution is -2.54. The smallest absolute Gasteiger partial charge is 0.236 e. The van der Waals surface area contributed by atoms with Crippen molar-refractivity contribution in [3.63, 3.8) is 0 Å². The molecule has 2 rings (SSSR count). The molecule has 5 nitrogen and oxygen atoms in total. The van der Waals surface area contributed by atoms with Gasteiger partial charge in [-0.2, -0.15) is 0 Å². The van der Waals surface area contributed by atoms with Crippen molar-refractivity contribution in [2.24, 2.45) is 0 Å². The summed E-state index contributed by atoms with van der Waals surface area (Å²) < 4.78 is 5.50. The molecule has 2 saturated heterocycles. The molecule has 2 N–H and O–H groups in total. The van der Waals surface area contributed by atoms with Gasteiger partial charge in [0.2, 0.25) is 5.91 Å². The Bertz CT molecular complexity index is 254. The van der Waals surface area contributed by atoms with Crippen LogP contribution in [-0.2, 0) is 9.53 Å². The molecule has 5 heteroatoms. The molecule has 0 aromatic heterocycles. The van der Waals surface area contributed by atoms with Crippen LogP contribution in [0.4, 0.5) is 0 Å². The van der Waals surface area contributed by atoms with E-state index >= 15 is 0 Å². The van der Waals surface area contributed by atoms with Crippen molar-refractivity contribution < 1.29 is 9.53 Å². The number of hydrogen-bond donors (Lipinski definition) is 2. The highest BCUT2D eigenvalue weighted by Gasteiger charge is 2.23. The maximum Gasteiger partial charge on any atom is 0.236 e. The number of carbonyl (C=O) groups is 1. The summed E-state index contributed by atoms with van der Waals surface area (Å²) in [6.45, 7) is 6.82. The molecule has 17 heavy (non-hydrogen) atoms. The van der Waals surface area contributed by atoms with E-state index in [4.69, 9.17) is 4.74 Å². The van der Waals surface area contributed by atoms with Crippen LogP contribution >= 0.6 is 0 Å². The van der Waals surface area contributed by atoms with E-state index in [0.717, 1.165) is 45.6 Å². The molecule has 0 aromatic rings. The van der Waals surface area contributed by atoms with Crippen molar-refractivity contribution in [3.8, 4) is 0 Å². The summed E-state index contributed by atoms with van der Waals surface area (Å²) in [5, 5.41) is 6.49. The van der Waals surface area contributed by atoms with Gasteiger partial charge < -0.3 is 20.3 Å². The lowest BCUT2D eigenvalue weighted by atomic mass is 10.2. The van der Waals surface area contributed by atoms with Crippen LogP contribution in [0.1, 0.15) is 19.8 Å². The van der Waals surface area contributed by atoms with Crippen molar-refractivity contribution in [1.82, 2.24) is 15.5 Å². The molecule has 2 aliphatic rings. The second-order valence-corrected chi connectivity index (χ2v) is 4.91. The molecule has 1 unspecified atom stereocenters. The van der Waals surface area contributed by atoms with Crippen LogP contribution in [-0.4, -0.2) is 62.3 Å². The first-order valence-corrected chi connectivity index (χ1v) is 6.60. The first-order chi connectivity index (χ1) is 8.27. The van der Waals surface area contributed by atoms with Crippen LogP contribution in [0.2, 0.25) is 0 Å². The fourth-order valence-corrected chi connectivity index (χ4v) is 2.46. The van der Waals surface area contributed by atoms with Crippen molar-refractivity contribution in [2.75, 3.05) is 39.3 Å². The van der Waals surface area contributed by atoms with E-state index in [9.17, 15) is 4.79 Å². The van der Waals surface area contributed by atoms with Gasteiger partial charge in [-0.25, -0.2) is 0 Å². The Labute approximate surface area is 103 Å². The van der Waals surface area contributed by atoms with Crippen LogP contribution in [0.3, 0.4) is 0 Å². The van der Waals surface area contributed by atoms with Gasteiger partial charge >= 0.3 is 0 Å². The van der Waals surface area contributed by atoms with Gasteiger partial charge in [-0.3, -0.25) is 4.79 Å². The van der Waals surface area contributed by atoms with Crippen molar-refractivity contribution in [2.45, 2.75) is 31.9 Å². The molecule has 0 radical (unpaired) electrons. The molecular formula is C12H23N3O2. The summed E-state index contributed by atoms with van der Waals surface area (Å²) >= 11 is 0. The summed E-state index contributed by atoms with van der Waals surface area (Å²) in [6, 6.07) is 0.306. The van der Waals surface area contributed by atoms with Crippen molar-refractivity contribution >= 4 is 5.91 Å². The Kier molecular flexibility index (Phi) is 4.76. The molecule has 2 atom stereocenters. The van der Waals surface area contributed by atoms with Crippen LogP contribution in [0.25, 0.3) is 0 Å². The highest BCUT2D eigenvalue weighted by atomic mass is 16.5. The Balaban J connectivity index is 1.65. The number of ether oxygens (including phenoxy) is 1. The van der Waals surface area contributed by atoms with Gasteiger partial charge in [0.25, 0.3) is 0 Å². The summed E-state index contributed by atoms with van der Waals surface area (Å²) in [7, 11) is 0. The lowest BCUT2D eigenvalue weighted by molar-refractivity contribution is -0.133. The Morgan fingerprint density at radius 1 is 1.59 bits per heavy atom. The zero-order chi connectivity index (χ0) is 12.1. The van der Waals surface area contributed by atoms with Gasteiger partial charge in [0, 0.05) is 38.8 Å². The minimum atomic E-state index is 0.206. The fraction of sp³-hybridized carbons (Fsp3) is 0.917. The Morgan fingerprint density at radius 3 is 3.18 bits per heavy atom. The third-order valence-electron chi connectivity index (χ3n) is 3.49. The van der Waals surface area contributed by atoms with E-state index < -0.39 is 0 Å². The van der Waals surface area contributed by atoms with E-state index in [0.29, 0.717) is 18.7 Å². The van der Waals surface area contributed by atoms with E-state index in [-0.39, 0.29) is 5.91 Å². The predicted octanol–water partition coefficient (Wildman–Crippen LogP) is -0.425. The normalized spacial score (nSPS) is 29.6. The third kappa shape index (κ3) is 3.66. The van der Waals surface area contributed by atoms with Gasteiger partial charge in [0.05, 0.1) is 12.6 Å². The maximum atomic E-state index is 12.0. The number of rotatable bonds is 4. The monoisotopic (exact) mass is 241 g/mol. The summed E-state index contributed by atoms with van der Waals surface area (Å²) in [5.41, 5.74) is 0. The molecule has 0 aromatic carbocycles. The standard InChI is InChI=1S/C12H23N3O2/c1-10-7-13-4-5-15(10)12(16)9-14-8-11-3-2-6-17-11/h10-11,13-14H,2-9H2,1H3/t10-,11?/m0/s1. The lowest BCUT2D eigenvalue weighted by Gasteiger charge is -2.34. The molecule has 0 bridgehead atoms. The second kappa shape index (κ2) is 6.33. The number of carbonyl (C=O) groups excluding carboxylic acids is 1. The van der Waals surface area contributed by atoms with Gasteiger partial charge in [-0.1, -0.05) is 0 Å². The summed E-state index contributed by atoms with van der Waals surface area (Å²) in [4.78, 5) is 13.9. The zero-order valence-corrected chi connectivity index (χ0v) is 10.6. The van der Waals surface area contributed by atoms with Crippen LogP contribution in [0.15, 0.2) is 0 Å². The number of nitrogens with one attached hydrogen (secondary N) is 2. The Hall–Kier alpha value is -0.650. The number of nitrogens with zero attached hydrogens (tertiary/aromatic N) is 1.